The Labute approximate surface area is 180 Å². The summed E-state index contributed by atoms with van der Waals surface area (Å²) >= 11 is 0. The largest absolute Gasteiger partial charge is 0.489 e. The number of fused-ring (bicyclic) bond motifs is 1. The summed E-state index contributed by atoms with van der Waals surface area (Å²) in [5.41, 5.74) is 1.48. The average Bonchev–Trinajstić information content (AvgIpc) is 3.04. The van der Waals surface area contributed by atoms with Crippen molar-refractivity contribution in [1.29, 1.82) is 0 Å². The minimum Gasteiger partial charge on any atom is -0.489 e. The van der Waals surface area contributed by atoms with Gasteiger partial charge in [0.25, 0.3) is 15.9 Å². The molecule has 6 nitrogen and oxygen atoms in total. The van der Waals surface area contributed by atoms with Crippen molar-refractivity contribution in [2.24, 2.45) is 0 Å². The lowest BCUT2D eigenvalue weighted by molar-refractivity contribution is 0.102. The minimum absolute atomic E-state index is 0.0399. The van der Waals surface area contributed by atoms with Crippen molar-refractivity contribution in [3.8, 4) is 5.75 Å². The highest BCUT2D eigenvalue weighted by atomic mass is 32.2. The van der Waals surface area contributed by atoms with E-state index in [1.165, 1.54) is 36.4 Å². The van der Waals surface area contributed by atoms with Gasteiger partial charge in [0, 0.05) is 17.2 Å². The lowest BCUT2D eigenvalue weighted by atomic mass is 9.97. The molecule has 2 N–H and O–H groups in total. The van der Waals surface area contributed by atoms with Gasteiger partial charge in [-0.15, -0.1) is 0 Å². The number of nitrogens with one attached hydrogen (secondary N) is 2. The third-order valence-electron chi connectivity index (χ3n) is 5.31. The van der Waals surface area contributed by atoms with Gasteiger partial charge >= 0.3 is 0 Å². The van der Waals surface area contributed by atoms with E-state index in [-0.39, 0.29) is 28.3 Å². The lowest BCUT2D eigenvalue weighted by Crippen LogP contribution is -2.16. The van der Waals surface area contributed by atoms with Crippen LogP contribution in [0, 0.1) is 5.82 Å². The first-order valence-electron chi connectivity index (χ1n) is 9.74. The van der Waals surface area contributed by atoms with E-state index >= 15 is 0 Å². The number of amides is 1. The first-order valence-corrected chi connectivity index (χ1v) is 11.2. The molecule has 8 heteroatoms. The SMILES string of the molecule is C[C@@H]1Oc2c(C(=O)Nc3cccc(S(=O)(=O)Nc4ccccc4F)c3)cccc2[C@H]1C. The van der Waals surface area contributed by atoms with Crippen molar-refractivity contribution in [3.05, 3.63) is 83.7 Å². The first-order chi connectivity index (χ1) is 14.8. The standard InChI is InChI=1S/C23H21FN2O4S/c1-14-15(2)30-22-18(14)9-6-10-19(22)23(27)25-16-7-5-8-17(13-16)31(28,29)26-21-12-4-3-11-20(21)24/h3-15,26H,1-2H3,(H,25,27)/t14-,15-/m0/s1. The molecule has 0 saturated heterocycles. The topological polar surface area (TPSA) is 84.5 Å². The number of ether oxygens (including phenoxy) is 1. The Hall–Kier alpha value is -3.39. The summed E-state index contributed by atoms with van der Waals surface area (Å²) < 4.78 is 47.3. The zero-order chi connectivity index (χ0) is 22.2. The molecule has 0 saturated carbocycles. The molecule has 160 valence electrons. The van der Waals surface area contributed by atoms with E-state index in [1.807, 2.05) is 19.9 Å². The van der Waals surface area contributed by atoms with E-state index in [9.17, 15) is 17.6 Å². The first kappa shape index (κ1) is 20.9. The minimum atomic E-state index is -4.05. The number of sulfonamides is 1. The summed E-state index contributed by atoms with van der Waals surface area (Å²) in [6, 6.07) is 16.6. The highest BCUT2D eigenvalue weighted by molar-refractivity contribution is 7.92. The molecule has 0 fully saturated rings. The molecular weight excluding hydrogens is 419 g/mol. The van der Waals surface area contributed by atoms with Crippen molar-refractivity contribution in [2.75, 3.05) is 10.0 Å². The highest BCUT2D eigenvalue weighted by Gasteiger charge is 2.31. The van der Waals surface area contributed by atoms with E-state index in [2.05, 4.69) is 10.0 Å². The molecule has 0 spiro atoms. The third kappa shape index (κ3) is 4.11. The summed E-state index contributed by atoms with van der Waals surface area (Å²) in [6.07, 6.45) is -0.0399. The fourth-order valence-corrected chi connectivity index (χ4v) is 4.56. The van der Waals surface area contributed by atoms with Crippen LogP contribution in [-0.2, 0) is 10.0 Å². The van der Waals surface area contributed by atoms with Crippen LogP contribution >= 0.6 is 0 Å². The van der Waals surface area contributed by atoms with Crippen LogP contribution in [0.25, 0.3) is 0 Å². The third-order valence-corrected chi connectivity index (χ3v) is 6.67. The molecule has 1 heterocycles. The van der Waals surface area contributed by atoms with E-state index in [0.717, 1.165) is 11.6 Å². The molecule has 1 aliphatic rings. The van der Waals surface area contributed by atoms with Crippen molar-refractivity contribution < 1.29 is 22.3 Å². The molecule has 4 rings (SSSR count). The van der Waals surface area contributed by atoms with Crippen LogP contribution in [0.1, 0.15) is 35.7 Å². The van der Waals surface area contributed by atoms with Gasteiger partial charge < -0.3 is 10.1 Å². The highest BCUT2D eigenvalue weighted by Crippen LogP contribution is 2.40. The summed E-state index contributed by atoms with van der Waals surface area (Å²) in [6.45, 7) is 3.98. The summed E-state index contributed by atoms with van der Waals surface area (Å²) in [5, 5.41) is 2.72. The number of rotatable bonds is 5. The molecule has 1 amide bonds. The van der Waals surface area contributed by atoms with Crippen molar-refractivity contribution >= 4 is 27.3 Å². The van der Waals surface area contributed by atoms with Gasteiger partial charge in [-0.25, -0.2) is 12.8 Å². The molecule has 1 aliphatic heterocycles. The van der Waals surface area contributed by atoms with Crippen molar-refractivity contribution in [2.45, 2.75) is 30.8 Å². The molecule has 3 aromatic rings. The van der Waals surface area contributed by atoms with Crippen LogP contribution in [0.15, 0.2) is 71.6 Å². The number of hydrogen-bond donors (Lipinski definition) is 2. The number of carbonyl (C=O) groups excluding carboxylic acids is 1. The van der Waals surface area contributed by atoms with Crippen molar-refractivity contribution in [3.63, 3.8) is 0 Å². The van der Waals surface area contributed by atoms with Crippen LogP contribution in [0.2, 0.25) is 0 Å². The maximum Gasteiger partial charge on any atom is 0.262 e. The number of hydrogen-bond acceptors (Lipinski definition) is 4. The number of anilines is 2. The van der Waals surface area contributed by atoms with E-state index in [4.69, 9.17) is 4.74 Å². The molecule has 0 aromatic heterocycles. The Morgan fingerprint density at radius 3 is 2.52 bits per heavy atom. The Kier molecular flexibility index (Phi) is 5.41. The van der Waals surface area contributed by atoms with Gasteiger partial charge in [-0.1, -0.05) is 37.3 Å². The Morgan fingerprint density at radius 1 is 1.00 bits per heavy atom. The molecule has 31 heavy (non-hydrogen) atoms. The quantitative estimate of drug-likeness (QED) is 0.599. The molecule has 0 radical (unpaired) electrons. The summed E-state index contributed by atoms with van der Waals surface area (Å²) in [4.78, 5) is 12.8. The second kappa shape index (κ2) is 8.03. The molecule has 0 aliphatic carbocycles. The fraction of sp³-hybridized carbons (Fsp3) is 0.174. The maximum atomic E-state index is 13.8. The van der Waals surface area contributed by atoms with Crippen molar-refractivity contribution in [1.82, 2.24) is 0 Å². The second-order valence-electron chi connectivity index (χ2n) is 7.40. The van der Waals surface area contributed by atoms with E-state index in [1.54, 1.807) is 18.2 Å². The number of para-hydroxylation sites is 2. The van der Waals surface area contributed by atoms with Gasteiger partial charge in [-0.2, -0.15) is 0 Å². The second-order valence-corrected chi connectivity index (χ2v) is 9.09. The van der Waals surface area contributed by atoms with Crippen LogP contribution < -0.4 is 14.8 Å². The van der Waals surface area contributed by atoms with Crippen LogP contribution in [-0.4, -0.2) is 20.4 Å². The van der Waals surface area contributed by atoms with Gasteiger partial charge in [0.05, 0.1) is 16.1 Å². The van der Waals surface area contributed by atoms with E-state index < -0.39 is 21.7 Å². The van der Waals surface area contributed by atoms with Crippen LogP contribution in [0.5, 0.6) is 5.75 Å². The molecule has 3 aromatic carbocycles. The zero-order valence-electron chi connectivity index (χ0n) is 16.9. The predicted molar refractivity (Wildman–Crippen MR) is 117 cm³/mol. The molecule has 0 bridgehead atoms. The average molecular weight is 440 g/mol. The normalized spacial score (nSPS) is 17.5. The van der Waals surface area contributed by atoms with Gasteiger partial charge in [0.2, 0.25) is 0 Å². The van der Waals surface area contributed by atoms with Gasteiger partial charge in [-0.3, -0.25) is 9.52 Å². The van der Waals surface area contributed by atoms with Gasteiger partial charge in [0.1, 0.15) is 17.7 Å². The molecular formula is C23H21FN2O4S. The summed E-state index contributed by atoms with van der Waals surface area (Å²) in [5.74, 6) is -0.377. The Morgan fingerprint density at radius 2 is 1.74 bits per heavy atom. The summed E-state index contributed by atoms with van der Waals surface area (Å²) in [7, 11) is -4.05. The Balaban J connectivity index is 1.58. The fourth-order valence-electron chi connectivity index (χ4n) is 3.45. The van der Waals surface area contributed by atoms with Crippen LogP contribution in [0.4, 0.5) is 15.8 Å². The van der Waals surface area contributed by atoms with Crippen LogP contribution in [0.3, 0.4) is 0 Å². The predicted octanol–water partition coefficient (Wildman–Crippen LogP) is 4.76. The Bertz CT molecular complexity index is 1260. The number of halogens is 1. The van der Waals surface area contributed by atoms with E-state index in [0.29, 0.717) is 11.3 Å². The van der Waals surface area contributed by atoms with Gasteiger partial charge in [0.15, 0.2) is 0 Å². The number of carbonyl (C=O) groups is 1. The number of benzene rings is 3. The molecule has 2 atom stereocenters. The smallest absolute Gasteiger partial charge is 0.262 e. The maximum absolute atomic E-state index is 13.8. The van der Waals surface area contributed by atoms with Gasteiger partial charge in [-0.05, 0) is 43.3 Å². The molecule has 0 unspecified atom stereocenters. The lowest BCUT2D eigenvalue weighted by Gasteiger charge is -2.12. The monoisotopic (exact) mass is 440 g/mol. The zero-order valence-corrected chi connectivity index (χ0v) is 17.7.